The van der Waals surface area contributed by atoms with Gasteiger partial charge >= 0.3 is 0 Å². The summed E-state index contributed by atoms with van der Waals surface area (Å²) in [5.41, 5.74) is 3.49. The first-order valence-corrected chi connectivity index (χ1v) is 12.2. The molecule has 7 heteroatoms. The van der Waals surface area contributed by atoms with Gasteiger partial charge in [-0.2, -0.15) is 4.31 Å². The molecule has 0 bridgehead atoms. The van der Waals surface area contributed by atoms with Gasteiger partial charge in [0, 0.05) is 13.1 Å². The molecule has 1 fully saturated rings. The monoisotopic (exact) mass is 444 g/mol. The van der Waals surface area contributed by atoms with E-state index in [2.05, 4.69) is 37.4 Å². The van der Waals surface area contributed by atoms with E-state index in [1.165, 1.54) is 15.4 Å². The zero-order valence-corrected chi connectivity index (χ0v) is 19.5. The summed E-state index contributed by atoms with van der Waals surface area (Å²) in [5.74, 6) is 0.161. The molecule has 1 aliphatic rings. The van der Waals surface area contributed by atoms with Gasteiger partial charge in [-0.05, 0) is 74.1 Å². The number of rotatable bonds is 7. The van der Waals surface area contributed by atoms with Gasteiger partial charge in [0.1, 0.15) is 5.75 Å². The van der Waals surface area contributed by atoms with Crippen LogP contribution in [0.5, 0.6) is 5.75 Å². The minimum Gasteiger partial charge on any atom is -0.497 e. The van der Waals surface area contributed by atoms with Crippen molar-refractivity contribution in [3.05, 3.63) is 59.2 Å². The van der Waals surface area contributed by atoms with Crippen molar-refractivity contribution in [2.45, 2.75) is 51.0 Å². The Bertz CT molecular complexity index is 1020. The van der Waals surface area contributed by atoms with E-state index in [1.54, 1.807) is 31.4 Å². The van der Waals surface area contributed by atoms with Crippen molar-refractivity contribution in [3.8, 4) is 5.75 Å². The molecular formula is C24H32N2O4S. The van der Waals surface area contributed by atoms with Crippen LogP contribution in [0.15, 0.2) is 47.4 Å². The second-order valence-electron chi connectivity index (χ2n) is 8.19. The molecule has 0 radical (unpaired) electrons. The molecular weight excluding hydrogens is 412 g/mol. The third kappa shape index (κ3) is 5.28. The second-order valence-corrected chi connectivity index (χ2v) is 10.1. The number of piperidine rings is 1. The fourth-order valence-corrected chi connectivity index (χ4v) is 5.49. The lowest BCUT2D eigenvalue weighted by Gasteiger charge is -2.32. The number of nitrogens with one attached hydrogen (secondary N) is 1. The first-order chi connectivity index (χ1) is 14.8. The number of methoxy groups -OCH3 is 1. The third-order valence-electron chi connectivity index (χ3n) is 6.11. The summed E-state index contributed by atoms with van der Waals surface area (Å²) in [4.78, 5) is 13.3. The molecule has 0 unspecified atom stereocenters. The molecule has 3 rings (SSSR count). The molecule has 0 saturated carbocycles. The summed E-state index contributed by atoms with van der Waals surface area (Å²) >= 11 is 0. The highest BCUT2D eigenvalue weighted by Crippen LogP contribution is 2.27. The highest BCUT2D eigenvalue weighted by molar-refractivity contribution is 7.89. The van der Waals surface area contributed by atoms with E-state index in [4.69, 9.17) is 4.74 Å². The molecule has 1 heterocycles. The van der Waals surface area contributed by atoms with Gasteiger partial charge in [-0.1, -0.05) is 25.1 Å². The topological polar surface area (TPSA) is 75.7 Å². The van der Waals surface area contributed by atoms with Crippen molar-refractivity contribution in [3.63, 3.8) is 0 Å². The van der Waals surface area contributed by atoms with Crippen molar-refractivity contribution < 1.29 is 17.9 Å². The van der Waals surface area contributed by atoms with Crippen molar-refractivity contribution in [2.24, 2.45) is 5.92 Å². The van der Waals surface area contributed by atoms with E-state index < -0.39 is 10.0 Å². The maximum absolute atomic E-state index is 13.1. The lowest BCUT2D eigenvalue weighted by atomic mass is 9.96. The van der Waals surface area contributed by atoms with Crippen LogP contribution < -0.4 is 10.1 Å². The molecule has 1 amide bonds. The maximum atomic E-state index is 13.1. The molecule has 168 valence electrons. The summed E-state index contributed by atoms with van der Waals surface area (Å²) in [6.07, 6.45) is 2.12. The second kappa shape index (κ2) is 9.83. The Labute approximate surface area is 185 Å². The quantitative estimate of drug-likeness (QED) is 0.701. The van der Waals surface area contributed by atoms with Gasteiger partial charge in [0.15, 0.2) is 0 Å². The number of nitrogens with zero attached hydrogens (tertiary/aromatic N) is 1. The molecule has 6 nitrogen and oxygen atoms in total. The van der Waals surface area contributed by atoms with Gasteiger partial charge in [-0.15, -0.1) is 0 Å². The zero-order valence-electron chi connectivity index (χ0n) is 18.7. The smallest absolute Gasteiger partial charge is 0.243 e. The zero-order chi connectivity index (χ0) is 22.6. The standard InChI is InChI=1S/C24H32N2O4S/c1-5-23(19-9-8-17(2)18(3)15-19)25-24(27)20-7-6-14-26(16-20)31(28,29)22-12-10-21(30-4)11-13-22/h8-13,15,20,23H,5-7,14,16H2,1-4H3,(H,25,27)/t20-,23-/m1/s1. The first-order valence-electron chi connectivity index (χ1n) is 10.8. The highest BCUT2D eigenvalue weighted by Gasteiger charge is 2.34. The van der Waals surface area contributed by atoms with E-state index in [1.807, 2.05) is 6.92 Å². The first kappa shape index (κ1) is 23.3. The van der Waals surface area contributed by atoms with E-state index in [-0.39, 0.29) is 29.3 Å². The minimum absolute atomic E-state index is 0.0830. The fourth-order valence-electron chi connectivity index (χ4n) is 3.96. The summed E-state index contributed by atoms with van der Waals surface area (Å²) < 4.78 is 32.7. The fraction of sp³-hybridized carbons (Fsp3) is 0.458. The largest absolute Gasteiger partial charge is 0.497 e. The van der Waals surface area contributed by atoms with Crippen LogP contribution in [-0.2, 0) is 14.8 Å². The molecule has 31 heavy (non-hydrogen) atoms. The minimum atomic E-state index is -3.65. The summed E-state index contributed by atoms with van der Waals surface area (Å²) in [6.45, 7) is 6.80. The third-order valence-corrected chi connectivity index (χ3v) is 7.99. The lowest BCUT2D eigenvalue weighted by molar-refractivity contribution is -0.126. The van der Waals surface area contributed by atoms with Gasteiger partial charge in [-0.25, -0.2) is 8.42 Å². The van der Waals surface area contributed by atoms with Crippen molar-refractivity contribution in [1.82, 2.24) is 9.62 Å². The van der Waals surface area contributed by atoms with Crippen LogP contribution in [0, 0.1) is 19.8 Å². The van der Waals surface area contributed by atoms with Crippen molar-refractivity contribution >= 4 is 15.9 Å². The molecule has 0 aromatic heterocycles. The number of benzene rings is 2. The van der Waals surface area contributed by atoms with Crippen LogP contribution in [0.4, 0.5) is 0 Å². The highest BCUT2D eigenvalue weighted by atomic mass is 32.2. The molecule has 2 atom stereocenters. The number of amides is 1. The Morgan fingerprint density at radius 3 is 2.48 bits per heavy atom. The molecule has 1 saturated heterocycles. The molecule has 2 aromatic rings. The van der Waals surface area contributed by atoms with Crippen LogP contribution in [0.25, 0.3) is 0 Å². The maximum Gasteiger partial charge on any atom is 0.243 e. The lowest BCUT2D eigenvalue weighted by Crippen LogP contribution is -2.46. The van der Waals surface area contributed by atoms with Crippen molar-refractivity contribution in [2.75, 3.05) is 20.2 Å². The molecule has 1 aliphatic heterocycles. The number of sulfonamides is 1. The van der Waals surface area contributed by atoms with Gasteiger partial charge in [0.05, 0.1) is 24.0 Å². The van der Waals surface area contributed by atoms with Gasteiger partial charge in [-0.3, -0.25) is 4.79 Å². The predicted molar refractivity (Wildman–Crippen MR) is 122 cm³/mol. The van der Waals surface area contributed by atoms with Crippen molar-refractivity contribution in [1.29, 1.82) is 0 Å². The molecule has 0 spiro atoms. The Morgan fingerprint density at radius 1 is 1.16 bits per heavy atom. The van der Waals surface area contributed by atoms with Crippen LogP contribution in [0.3, 0.4) is 0 Å². The van der Waals surface area contributed by atoms with Gasteiger partial charge < -0.3 is 10.1 Å². The number of aryl methyl sites for hydroxylation is 2. The van der Waals surface area contributed by atoms with E-state index in [0.29, 0.717) is 25.1 Å². The van der Waals surface area contributed by atoms with Crippen LogP contribution >= 0.6 is 0 Å². The normalized spacial score (nSPS) is 18.4. The summed E-state index contributed by atoms with van der Waals surface area (Å²) in [6, 6.07) is 12.5. The number of carbonyl (C=O) groups is 1. The molecule has 0 aliphatic carbocycles. The Hall–Kier alpha value is -2.38. The number of ether oxygens (including phenoxy) is 1. The SMILES string of the molecule is CC[C@@H](NC(=O)[C@@H]1CCCN(S(=O)(=O)c2ccc(OC)cc2)C1)c1ccc(C)c(C)c1. The summed E-state index contributed by atoms with van der Waals surface area (Å²) in [5, 5.41) is 3.15. The molecule has 1 N–H and O–H groups in total. The van der Waals surface area contributed by atoms with Crippen LogP contribution in [0.2, 0.25) is 0 Å². The van der Waals surface area contributed by atoms with E-state index >= 15 is 0 Å². The number of carbonyl (C=O) groups excluding carboxylic acids is 1. The average Bonchev–Trinajstić information content (AvgIpc) is 2.79. The van der Waals surface area contributed by atoms with E-state index in [9.17, 15) is 13.2 Å². The van der Waals surface area contributed by atoms with Gasteiger partial charge in [0.25, 0.3) is 0 Å². The average molecular weight is 445 g/mol. The number of hydrogen-bond acceptors (Lipinski definition) is 4. The Morgan fingerprint density at radius 2 is 1.87 bits per heavy atom. The predicted octanol–water partition coefficient (Wildman–Crippen LogP) is 3.98. The molecule has 2 aromatic carbocycles. The van der Waals surface area contributed by atoms with Crippen LogP contribution in [-0.4, -0.2) is 38.8 Å². The van der Waals surface area contributed by atoms with Gasteiger partial charge in [0.2, 0.25) is 15.9 Å². The Kier molecular flexibility index (Phi) is 7.38. The van der Waals surface area contributed by atoms with E-state index in [0.717, 1.165) is 12.0 Å². The number of hydrogen-bond donors (Lipinski definition) is 1. The summed E-state index contributed by atoms with van der Waals surface area (Å²) in [7, 11) is -2.11. The Balaban J connectivity index is 1.71. The van der Waals surface area contributed by atoms with Crippen LogP contribution in [0.1, 0.15) is 48.9 Å².